The lowest BCUT2D eigenvalue weighted by atomic mass is 10.1. The summed E-state index contributed by atoms with van der Waals surface area (Å²) in [5, 5.41) is 8.61. The Labute approximate surface area is 156 Å². The third-order valence-corrected chi connectivity index (χ3v) is 3.91. The number of ether oxygens (including phenoxy) is 1. The van der Waals surface area contributed by atoms with Crippen molar-refractivity contribution in [3.8, 4) is 11.5 Å². The van der Waals surface area contributed by atoms with Crippen molar-refractivity contribution < 1.29 is 13.9 Å². The van der Waals surface area contributed by atoms with E-state index < -0.39 is 12.1 Å². The molecule has 26 heavy (non-hydrogen) atoms. The number of hydrogen-bond donors (Lipinski definition) is 0. The topological polar surface area (TPSA) is 65.2 Å². The summed E-state index contributed by atoms with van der Waals surface area (Å²) in [6.07, 6.45) is 2.34. The summed E-state index contributed by atoms with van der Waals surface area (Å²) in [5.41, 5.74) is 2.80. The van der Waals surface area contributed by atoms with Gasteiger partial charge in [0.25, 0.3) is 5.89 Å². The lowest BCUT2D eigenvalue weighted by Gasteiger charge is -2.06. The number of halogens is 1. The van der Waals surface area contributed by atoms with Crippen molar-refractivity contribution in [1.29, 1.82) is 0 Å². The van der Waals surface area contributed by atoms with Crippen LogP contribution in [0.15, 0.2) is 59.0 Å². The maximum Gasteiger partial charge on any atom is 0.331 e. The van der Waals surface area contributed by atoms with E-state index in [2.05, 4.69) is 10.2 Å². The fourth-order valence-corrected chi connectivity index (χ4v) is 2.34. The number of carbonyl (C=O) groups excluding carboxylic acids is 1. The first-order valence-electron chi connectivity index (χ1n) is 8.06. The van der Waals surface area contributed by atoms with Crippen LogP contribution in [0, 0.1) is 6.92 Å². The van der Waals surface area contributed by atoms with Crippen LogP contribution in [0.25, 0.3) is 17.5 Å². The van der Waals surface area contributed by atoms with Crippen molar-refractivity contribution in [3.05, 3.63) is 76.6 Å². The molecule has 1 atom stereocenters. The number of rotatable bonds is 5. The second-order valence-corrected chi connectivity index (χ2v) is 6.21. The van der Waals surface area contributed by atoms with Gasteiger partial charge in [0.1, 0.15) is 0 Å². The normalized spacial score (nSPS) is 12.3. The van der Waals surface area contributed by atoms with E-state index in [1.54, 1.807) is 37.3 Å². The van der Waals surface area contributed by atoms with Crippen LogP contribution in [0.2, 0.25) is 5.02 Å². The molecule has 6 heteroatoms. The largest absolute Gasteiger partial charge is 0.449 e. The van der Waals surface area contributed by atoms with Crippen LogP contribution < -0.4 is 0 Å². The van der Waals surface area contributed by atoms with Crippen molar-refractivity contribution in [1.82, 2.24) is 10.2 Å². The zero-order chi connectivity index (χ0) is 18.5. The third kappa shape index (κ3) is 4.58. The minimum absolute atomic E-state index is 0.244. The Morgan fingerprint density at radius 3 is 2.50 bits per heavy atom. The number of aromatic nitrogens is 2. The number of nitrogens with zero attached hydrogens (tertiary/aromatic N) is 2. The first-order valence-corrected chi connectivity index (χ1v) is 8.44. The second-order valence-electron chi connectivity index (χ2n) is 5.78. The molecule has 0 radical (unpaired) electrons. The van der Waals surface area contributed by atoms with E-state index in [1.807, 2.05) is 31.2 Å². The Morgan fingerprint density at radius 2 is 1.81 bits per heavy atom. The Morgan fingerprint density at radius 1 is 1.12 bits per heavy atom. The molecule has 3 aromatic rings. The number of esters is 1. The fraction of sp³-hybridized carbons (Fsp3) is 0.150. The van der Waals surface area contributed by atoms with Gasteiger partial charge >= 0.3 is 5.97 Å². The van der Waals surface area contributed by atoms with Crippen LogP contribution in [-0.2, 0) is 9.53 Å². The minimum Gasteiger partial charge on any atom is -0.449 e. The van der Waals surface area contributed by atoms with Gasteiger partial charge in [0.2, 0.25) is 5.89 Å². The zero-order valence-corrected chi connectivity index (χ0v) is 15.1. The third-order valence-electron chi connectivity index (χ3n) is 3.66. The summed E-state index contributed by atoms with van der Waals surface area (Å²) in [6, 6.07) is 14.8. The molecule has 0 aliphatic rings. The van der Waals surface area contributed by atoms with E-state index in [4.69, 9.17) is 20.8 Å². The van der Waals surface area contributed by atoms with Gasteiger partial charge in [0.05, 0.1) is 0 Å². The molecule has 0 unspecified atom stereocenters. The monoisotopic (exact) mass is 368 g/mol. The van der Waals surface area contributed by atoms with Gasteiger partial charge in [-0.25, -0.2) is 4.79 Å². The highest BCUT2D eigenvalue weighted by Crippen LogP contribution is 2.22. The van der Waals surface area contributed by atoms with Gasteiger partial charge < -0.3 is 9.15 Å². The Balaban J connectivity index is 1.62. The second kappa shape index (κ2) is 7.97. The van der Waals surface area contributed by atoms with Crippen molar-refractivity contribution in [3.63, 3.8) is 0 Å². The van der Waals surface area contributed by atoms with E-state index in [-0.39, 0.29) is 5.89 Å². The highest BCUT2D eigenvalue weighted by molar-refractivity contribution is 6.30. The Hall–Kier alpha value is -2.92. The van der Waals surface area contributed by atoms with Crippen molar-refractivity contribution in [2.24, 2.45) is 0 Å². The molecule has 0 bridgehead atoms. The molecule has 0 saturated carbocycles. The highest BCUT2D eigenvalue weighted by atomic mass is 35.5. The van der Waals surface area contributed by atoms with Gasteiger partial charge in [-0.2, -0.15) is 0 Å². The molecule has 2 aromatic carbocycles. The summed E-state index contributed by atoms with van der Waals surface area (Å²) in [4.78, 5) is 12.0. The van der Waals surface area contributed by atoms with E-state index in [1.165, 1.54) is 6.08 Å². The zero-order valence-electron chi connectivity index (χ0n) is 14.3. The van der Waals surface area contributed by atoms with Crippen molar-refractivity contribution >= 4 is 23.6 Å². The number of aryl methyl sites for hydroxylation is 1. The predicted molar refractivity (Wildman–Crippen MR) is 99.5 cm³/mol. The molecule has 0 aliphatic carbocycles. The first-order chi connectivity index (χ1) is 12.5. The van der Waals surface area contributed by atoms with Crippen LogP contribution in [0.1, 0.15) is 30.0 Å². The Bertz CT molecular complexity index is 915. The maximum atomic E-state index is 12.0. The average molecular weight is 369 g/mol. The van der Waals surface area contributed by atoms with Crippen LogP contribution in [-0.4, -0.2) is 16.2 Å². The van der Waals surface area contributed by atoms with Gasteiger partial charge in [0.15, 0.2) is 6.10 Å². The quantitative estimate of drug-likeness (QED) is 0.467. The fourth-order valence-electron chi connectivity index (χ4n) is 2.21. The van der Waals surface area contributed by atoms with Crippen LogP contribution in [0.5, 0.6) is 0 Å². The molecule has 0 saturated heterocycles. The summed E-state index contributed by atoms with van der Waals surface area (Å²) in [6.45, 7) is 3.68. The molecule has 0 aliphatic heterocycles. The van der Waals surface area contributed by atoms with Crippen molar-refractivity contribution in [2.45, 2.75) is 20.0 Å². The lowest BCUT2D eigenvalue weighted by molar-refractivity contribution is -0.143. The molecular weight excluding hydrogens is 352 g/mol. The van der Waals surface area contributed by atoms with Crippen molar-refractivity contribution in [2.75, 3.05) is 0 Å². The molecule has 5 nitrogen and oxygen atoms in total. The Kier molecular flexibility index (Phi) is 5.49. The highest BCUT2D eigenvalue weighted by Gasteiger charge is 2.18. The van der Waals surface area contributed by atoms with Gasteiger partial charge in [0, 0.05) is 16.7 Å². The minimum atomic E-state index is -0.649. The molecule has 132 valence electrons. The number of benzene rings is 2. The summed E-state index contributed by atoms with van der Waals surface area (Å²) in [5.74, 6) is 0.135. The number of hydrogen-bond acceptors (Lipinski definition) is 5. The predicted octanol–water partition coefficient (Wildman–Crippen LogP) is 5.02. The van der Waals surface area contributed by atoms with Gasteiger partial charge in [-0.05, 0) is 49.8 Å². The average Bonchev–Trinajstić information content (AvgIpc) is 3.12. The van der Waals surface area contributed by atoms with E-state index in [0.717, 1.165) is 16.7 Å². The van der Waals surface area contributed by atoms with E-state index >= 15 is 0 Å². The van der Waals surface area contributed by atoms with E-state index in [9.17, 15) is 4.79 Å². The van der Waals surface area contributed by atoms with Crippen LogP contribution in [0.3, 0.4) is 0 Å². The molecule has 1 aromatic heterocycles. The summed E-state index contributed by atoms with van der Waals surface area (Å²) < 4.78 is 10.9. The van der Waals surface area contributed by atoms with Gasteiger partial charge in [-0.15, -0.1) is 10.2 Å². The van der Waals surface area contributed by atoms with E-state index in [0.29, 0.717) is 10.9 Å². The lowest BCUT2D eigenvalue weighted by Crippen LogP contribution is -2.06. The first kappa shape index (κ1) is 17.9. The standard InChI is InChI=1S/C20H17ClN2O3/c1-13-3-8-16(9-4-13)20-23-22-19(26-20)14(2)25-18(24)12-7-15-5-10-17(21)11-6-15/h3-12,14H,1-2H3/b12-7+/t14-/m0/s1. The summed E-state index contributed by atoms with van der Waals surface area (Å²) >= 11 is 5.83. The van der Waals surface area contributed by atoms with Crippen LogP contribution >= 0.6 is 11.6 Å². The number of carbonyl (C=O) groups is 1. The molecule has 0 amide bonds. The molecule has 0 fully saturated rings. The van der Waals surface area contributed by atoms with Gasteiger partial charge in [-0.1, -0.05) is 41.4 Å². The van der Waals surface area contributed by atoms with Crippen LogP contribution in [0.4, 0.5) is 0 Å². The maximum absolute atomic E-state index is 12.0. The SMILES string of the molecule is Cc1ccc(-c2nnc([C@H](C)OC(=O)/C=C/c3ccc(Cl)cc3)o2)cc1. The smallest absolute Gasteiger partial charge is 0.331 e. The molecular formula is C20H17ClN2O3. The molecule has 0 spiro atoms. The molecule has 3 rings (SSSR count). The molecule has 0 N–H and O–H groups in total. The molecule has 1 heterocycles. The summed E-state index contributed by atoms with van der Waals surface area (Å²) in [7, 11) is 0. The van der Waals surface area contributed by atoms with Gasteiger partial charge in [-0.3, -0.25) is 0 Å².